The second kappa shape index (κ2) is 9.51. The van der Waals surface area contributed by atoms with Gasteiger partial charge in [0.25, 0.3) is 0 Å². The number of imidazole rings is 1. The van der Waals surface area contributed by atoms with Gasteiger partial charge in [0.2, 0.25) is 0 Å². The molecule has 0 N–H and O–H groups in total. The third-order valence-corrected chi connectivity index (χ3v) is 5.05. The number of hydrogen-bond donors (Lipinski definition) is 0. The Kier molecular flexibility index (Phi) is 7.08. The van der Waals surface area contributed by atoms with E-state index in [9.17, 15) is 0 Å². The molecule has 3 heterocycles. The fourth-order valence-corrected chi connectivity index (χ4v) is 3.74. The van der Waals surface area contributed by atoms with Crippen LogP contribution in [0.1, 0.15) is 31.5 Å². The summed E-state index contributed by atoms with van der Waals surface area (Å²) in [6.07, 6.45) is 9.44. The summed E-state index contributed by atoms with van der Waals surface area (Å²) in [5, 5.41) is 0. The third-order valence-electron chi connectivity index (χ3n) is 5.05. The number of rotatable bonds is 7. The minimum atomic E-state index is 0.327. The van der Waals surface area contributed by atoms with Gasteiger partial charge >= 0.3 is 0 Å². The number of piperidine rings is 1. The maximum atomic E-state index is 6.12. The van der Waals surface area contributed by atoms with Crippen LogP contribution in [0.5, 0.6) is 0 Å². The number of nitrogens with zero attached hydrogens (tertiary/aromatic N) is 4. The highest BCUT2D eigenvalue weighted by atomic mass is 16.5. The van der Waals surface area contributed by atoms with Gasteiger partial charge in [-0.1, -0.05) is 6.42 Å². The summed E-state index contributed by atoms with van der Waals surface area (Å²) in [7, 11) is 1.74. The zero-order valence-corrected chi connectivity index (χ0v) is 15.0. The largest absolute Gasteiger partial charge is 0.383 e. The van der Waals surface area contributed by atoms with Crippen LogP contribution >= 0.6 is 0 Å². The molecular formula is C18H32N4O2. The predicted molar refractivity (Wildman–Crippen MR) is 94.0 cm³/mol. The van der Waals surface area contributed by atoms with Crippen molar-refractivity contribution in [2.24, 2.45) is 0 Å². The summed E-state index contributed by atoms with van der Waals surface area (Å²) in [4.78, 5) is 9.64. The highest BCUT2D eigenvalue weighted by Crippen LogP contribution is 2.14. The lowest BCUT2D eigenvalue weighted by Gasteiger charge is -2.31. The van der Waals surface area contributed by atoms with Crippen molar-refractivity contribution in [2.75, 3.05) is 53.0 Å². The van der Waals surface area contributed by atoms with Crippen molar-refractivity contribution in [3.05, 3.63) is 18.2 Å². The topological polar surface area (TPSA) is 42.8 Å². The van der Waals surface area contributed by atoms with Crippen molar-refractivity contribution in [1.29, 1.82) is 0 Å². The summed E-state index contributed by atoms with van der Waals surface area (Å²) in [5.74, 6) is 1.13. The molecule has 0 radical (unpaired) electrons. The molecule has 0 aliphatic carbocycles. The summed E-state index contributed by atoms with van der Waals surface area (Å²) >= 11 is 0. The summed E-state index contributed by atoms with van der Waals surface area (Å²) in [6.45, 7) is 9.03. The molecule has 3 rings (SSSR count). The van der Waals surface area contributed by atoms with Crippen molar-refractivity contribution in [3.63, 3.8) is 0 Å². The molecular weight excluding hydrogens is 304 g/mol. The summed E-state index contributed by atoms with van der Waals surface area (Å²) in [6, 6.07) is 0. The lowest BCUT2D eigenvalue weighted by atomic mass is 10.1. The first-order chi connectivity index (χ1) is 11.8. The molecule has 1 atom stereocenters. The molecule has 2 aliphatic rings. The molecule has 0 saturated carbocycles. The highest BCUT2D eigenvalue weighted by Gasteiger charge is 2.23. The van der Waals surface area contributed by atoms with Crippen LogP contribution in [-0.4, -0.2) is 78.5 Å². The maximum Gasteiger partial charge on any atom is 0.122 e. The average molecular weight is 336 g/mol. The van der Waals surface area contributed by atoms with Crippen LogP contribution in [0.3, 0.4) is 0 Å². The molecule has 1 aromatic rings. The molecule has 24 heavy (non-hydrogen) atoms. The van der Waals surface area contributed by atoms with Crippen molar-refractivity contribution in [2.45, 2.75) is 44.9 Å². The lowest BCUT2D eigenvalue weighted by Crippen LogP contribution is -2.42. The van der Waals surface area contributed by atoms with E-state index in [0.29, 0.717) is 6.10 Å². The summed E-state index contributed by atoms with van der Waals surface area (Å²) in [5.41, 5.74) is 0. The van der Waals surface area contributed by atoms with Gasteiger partial charge in [-0.05, 0) is 32.4 Å². The van der Waals surface area contributed by atoms with Crippen molar-refractivity contribution >= 4 is 0 Å². The van der Waals surface area contributed by atoms with Gasteiger partial charge in [0.05, 0.1) is 19.3 Å². The van der Waals surface area contributed by atoms with E-state index in [0.717, 1.165) is 58.2 Å². The van der Waals surface area contributed by atoms with Crippen molar-refractivity contribution < 1.29 is 9.47 Å². The minimum Gasteiger partial charge on any atom is -0.383 e. The highest BCUT2D eigenvalue weighted by molar-refractivity contribution is 4.93. The minimum absolute atomic E-state index is 0.327. The molecule has 0 unspecified atom stereocenters. The van der Waals surface area contributed by atoms with Gasteiger partial charge in [-0.2, -0.15) is 0 Å². The molecule has 0 amide bonds. The van der Waals surface area contributed by atoms with E-state index in [1.54, 1.807) is 7.11 Å². The van der Waals surface area contributed by atoms with Crippen LogP contribution in [0.2, 0.25) is 0 Å². The standard InChI is InChI=1S/C18H32N4O2/c1-23-13-11-22-10-6-19-18(22)16-21-9-5-12-24-17(15-21)14-20-7-3-2-4-8-20/h6,10,17H,2-5,7-9,11-16H2,1H3/t17-/m1/s1. The van der Waals surface area contributed by atoms with Crippen LogP contribution in [0.25, 0.3) is 0 Å². The van der Waals surface area contributed by atoms with E-state index in [1.807, 2.05) is 12.4 Å². The van der Waals surface area contributed by atoms with Crippen LogP contribution < -0.4 is 0 Å². The number of hydrogen-bond acceptors (Lipinski definition) is 5. The number of methoxy groups -OCH3 is 1. The van der Waals surface area contributed by atoms with E-state index in [1.165, 1.54) is 32.4 Å². The normalized spacial score (nSPS) is 24.1. The fourth-order valence-electron chi connectivity index (χ4n) is 3.74. The molecule has 0 spiro atoms. The zero-order chi connectivity index (χ0) is 16.6. The Morgan fingerprint density at radius 3 is 2.83 bits per heavy atom. The SMILES string of the molecule is COCCn1ccnc1CN1CCCO[C@H](CN2CCCCC2)C1. The molecule has 0 aromatic carbocycles. The Morgan fingerprint density at radius 1 is 1.17 bits per heavy atom. The van der Waals surface area contributed by atoms with E-state index < -0.39 is 0 Å². The molecule has 6 heteroatoms. The van der Waals surface area contributed by atoms with Gasteiger partial charge < -0.3 is 18.9 Å². The number of ether oxygens (including phenoxy) is 2. The van der Waals surface area contributed by atoms with Gasteiger partial charge in [-0.15, -0.1) is 0 Å². The predicted octanol–water partition coefficient (Wildman–Crippen LogP) is 1.61. The van der Waals surface area contributed by atoms with Gasteiger partial charge in [-0.25, -0.2) is 4.98 Å². The van der Waals surface area contributed by atoms with E-state index >= 15 is 0 Å². The molecule has 1 aromatic heterocycles. The Bertz CT molecular complexity index is 473. The Labute approximate surface area is 145 Å². The molecule has 2 saturated heterocycles. The van der Waals surface area contributed by atoms with E-state index in [4.69, 9.17) is 9.47 Å². The van der Waals surface area contributed by atoms with Crippen LogP contribution in [0.4, 0.5) is 0 Å². The van der Waals surface area contributed by atoms with E-state index in [2.05, 4.69) is 19.4 Å². The van der Waals surface area contributed by atoms with Gasteiger partial charge in [0, 0.05) is 52.3 Å². The number of aromatic nitrogens is 2. The molecule has 2 aliphatic heterocycles. The molecule has 0 bridgehead atoms. The van der Waals surface area contributed by atoms with Gasteiger partial charge in [0.1, 0.15) is 5.82 Å². The zero-order valence-electron chi connectivity index (χ0n) is 15.0. The Balaban J connectivity index is 1.53. The first kappa shape index (κ1) is 17.9. The molecule has 6 nitrogen and oxygen atoms in total. The molecule has 2 fully saturated rings. The van der Waals surface area contributed by atoms with Crippen molar-refractivity contribution in [1.82, 2.24) is 19.4 Å². The van der Waals surface area contributed by atoms with E-state index in [-0.39, 0.29) is 0 Å². The quantitative estimate of drug-likeness (QED) is 0.757. The Hall–Kier alpha value is -0.950. The third kappa shape index (κ3) is 5.28. The van der Waals surface area contributed by atoms with Crippen LogP contribution in [-0.2, 0) is 22.6 Å². The first-order valence-corrected chi connectivity index (χ1v) is 9.40. The van der Waals surface area contributed by atoms with Crippen LogP contribution in [0.15, 0.2) is 12.4 Å². The number of likely N-dealkylation sites (tertiary alicyclic amines) is 1. The Morgan fingerprint density at radius 2 is 2.00 bits per heavy atom. The van der Waals surface area contributed by atoms with Gasteiger partial charge in [-0.3, -0.25) is 4.90 Å². The fraction of sp³-hybridized carbons (Fsp3) is 0.833. The van der Waals surface area contributed by atoms with Crippen molar-refractivity contribution in [3.8, 4) is 0 Å². The average Bonchev–Trinajstić information content (AvgIpc) is 2.92. The molecule has 136 valence electrons. The smallest absolute Gasteiger partial charge is 0.122 e. The monoisotopic (exact) mass is 336 g/mol. The second-order valence-electron chi connectivity index (χ2n) is 6.97. The van der Waals surface area contributed by atoms with Gasteiger partial charge in [0.15, 0.2) is 0 Å². The van der Waals surface area contributed by atoms with Crippen LogP contribution in [0, 0.1) is 0 Å². The summed E-state index contributed by atoms with van der Waals surface area (Å²) < 4.78 is 13.5. The first-order valence-electron chi connectivity index (χ1n) is 9.40. The second-order valence-corrected chi connectivity index (χ2v) is 6.97. The maximum absolute atomic E-state index is 6.12. The lowest BCUT2D eigenvalue weighted by molar-refractivity contribution is 0.0213.